The van der Waals surface area contributed by atoms with Gasteiger partial charge in [0.25, 0.3) is 5.91 Å². The third kappa shape index (κ3) is 4.49. The number of fused-ring (bicyclic) bond motifs is 1. The number of alkyl halides is 1. The van der Waals surface area contributed by atoms with Gasteiger partial charge in [0.1, 0.15) is 5.82 Å². The van der Waals surface area contributed by atoms with Crippen molar-refractivity contribution < 1.29 is 13.9 Å². The SMILES string of the molecule is C=N/C(NC1(C)CC1)=C(\C)C(C(=O)N1CCc2c(ccnc2OCF)C1)=C(C)C. The van der Waals surface area contributed by atoms with Gasteiger partial charge in [0.15, 0.2) is 0 Å². The van der Waals surface area contributed by atoms with E-state index in [4.69, 9.17) is 4.74 Å². The summed E-state index contributed by atoms with van der Waals surface area (Å²) in [6.45, 7) is 11.7. The van der Waals surface area contributed by atoms with Crippen LogP contribution in [0.3, 0.4) is 0 Å². The molecule has 1 N–H and O–H groups in total. The van der Waals surface area contributed by atoms with Crippen LogP contribution in [-0.2, 0) is 17.8 Å². The number of nitrogens with one attached hydrogen (secondary N) is 1. The van der Waals surface area contributed by atoms with Gasteiger partial charge in [-0.2, -0.15) is 0 Å². The number of ether oxygens (including phenoxy) is 1. The molecule has 2 aliphatic rings. The Bertz CT molecular complexity index is 883. The lowest BCUT2D eigenvalue weighted by molar-refractivity contribution is -0.127. The smallest absolute Gasteiger partial charge is 0.254 e. The van der Waals surface area contributed by atoms with Gasteiger partial charge in [0.2, 0.25) is 12.7 Å². The molecule has 29 heavy (non-hydrogen) atoms. The maximum Gasteiger partial charge on any atom is 0.254 e. The maximum atomic E-state index is 13.4. The van der Waals surface area contributed by atoms with Crippen LogP contribution in [0.4, 0.5) is 4.39 Å². The summed E-state index contributed by atoms with van der Waals surface area (Å²) in [5.41, 5.74) is 4.23. The van der Waals surface area contributed by atoms with Crippen LogP contribution < -0.4 is 10.1 Å². The predicted molar refractivity (Wildman–Crippen MR) is 111 cm³/mol. The molecule has 2 heterocycles. The van der Waals surface area contributed by atoms with Crippen molar-refractivity contribution in [2.24, 2.45) is 4.99 Å². The summed E-state index contributed by atoms with van der Waals surface area (Å²) >= 11 is 0. The molecule has 0 radical (unpaired) electrons. The number of pyridine rings is 1. The fourth-order valence-electron chi connectivity index (χ4n) is 3.68. The topological polar surface area (TPSA) is 66.8 Å². The molecule has 0 saturated heterocycles. The van der Waals surface area contributed by atoms with Crippen LogP contribution in [0.25, 0.3) is 0 Å². The van der Waals surface area contributed by atoms with Gasteiger partial charge in [-0.15, -0.1) is 0 Å². The summed E-state index contributed by atoms with van der Waals surface area (Å²) in [5.74, 6) is 0.937. The Labute approximate surface area is 171 Å². The molecule has 0 atom stereocenters. The number of carbonyl (C=O) groups is 1. The zero-order valence-corrected chi connectivity index (χ0v) is 17.6. The molecule has 1 aromatic heterocycles. The lowest BCUT2D eigenvalue weighted by atomic mass is 9.97. The monoisotopic (exact) mass is 400 g/mol. The Balaban J connectivity index is 1.86. The van der Waals surface area contributed by atoms with E-state index in [-0.39, 0.29) is 11.4 Å². The number of allylic oxidation sites excluding steroid dienone is 1. The minimum atomic E-state index is -0.915. The average molecular weight is 400 g/mol. The molecular weight excluding hydrogens is 371 g/mol. The van der Waals surface area contributed by atoms with E-state index in [0.29, 0.717) is 36.8 Å². The second-order valence-electron chi connectivity index (χ2n) is 8.18. The van der Waals surface area contributed by atoms with E-state index >= 15 is 0 Å². The Morgan fingerprint density at radius 1 is 1.41 bits per heavy atom. The minimum absolute atomic E-state index is 0.0392. The lowest BCUT2D eigenvalue weighted by Gasteiger charge is -2.31. The Hall–Kier alpha value is -2.70. The van der Waals surface area contributed by atoms with Crippen LogP contribution in [0, 0.1) is 0 Å². The predicted octanol–water partition coefficient (Wildman–Crippen LogP) is 3.68. The summed E-state index contributed by atoms with van der Waals surface area (Å²) in [7, 11) is 0. The van der Waals surface area contributed by atoms with Gasteiger partial charge >= 0.3 is 0 Å². The van der Waals surface area contributed by atoms with Crippen molar-refractivity contribution in [1.29, 1.82) is 0 Å². The average Bonchev–Trinajstić information content (AvgIpc) is 3.43. The number of aliphatic imine (C=N–C) groups is 1. The Morgan fingerprint density at radius 3 is 2.72 bits per heavy atom. The number of hydrogen-bond acceptors (Lipinski definition) is 5. The molecule has 7 heteroatoms. The molecule has 1 saturated carbocycles. The zero-order chi connectivity index (χ0) is 21.2. The van der Waals surface area contributed by atoms with Gasteiger partial charge in [-0.25, -0.2) is 14.4 Å². The standard InChI is InChI=1S/C22H29FN4O2/c1-14(2)18(15(3)19(24-5)26-22(4)8-9-22)21(28)27-11-7-17-16(12-27)6-10-25-20(17)29-13-23/h6,10,26H,5,7-9,11-13H2,1-4H3/b19-15-. The first-order valence-corrected chi connectivity index (χ1v) is 9.88. The highest BCUT2D eigenvalue weighted by molar-refractivity contribution is 5.98. The van der Waals surface area contributed by atoms with Crippen molar-refractivity contribution in [1.82, 2.24) is 15.2 Å². The third-order valence-electron chi connectivity index (χ3n) is 5.61. The molecule has 1 fully saturated rings. The van der Waals surface area contributed by atoms with Gasteiger partial charge in [-0.05, 0) is 65.3 Å². The molecule has 156 valence electrons. The molecule has 1 aromatic rings. The molecule has 1 amide bonds. The highest BCUT2D eigenvalue weighted by Gasteiger charge is 2.38. The maximum absolute atomic E-state index is 13.4. The molecule has 3 rings (SSSR count). The summed E-state index contributed by atoms with van der Waals surface area (Å²) in [5, 5.41) is 3.43. The molecule has 1 aliphatic carbocycles. The van der Waals surface area contributed by atoms with Crippen molar-refractivity contribution in [3.8, 4) is 5.88 Å². The van der Waals surface area contributed by atoms with Crippen LogP contribution in [0.15, 0.2) is 39.8 Å². The van der Waals surface area contributed by atoms with Crippen molar-refractivity contribution in [3.63, 3.8) is 0 Å². The summed E-state index contributed by atoms with van der Waals surface area (Å²) in [4.78, 5) is 23.5. The van der Waals surface area contributed by atoms with Gasteiger partial charge < -0.3 is 15.0 Å². The van der Waals surface area contributed by atoms with Gasteiger partial charge in [0, 0.05) is 41.5 Å². The van der Waals surface area contributed by atoms with E-state index in [1.54, 1.807) is 6.20 Å². The van der Waals surface area contributed by atoms with Crippen molar-refractivity contribution in [2.75, 3.05) is 13.4 Å². The molecule has 0 bridgehead atoms. The van der Waals surface area contributed by atoms with E-state index < -0.39 is 6.86 Å². The van der Waals surface area contributed by atoms with Gasteiger partial charge in [0.05, 0.1) is 0 Å². The van der Waals surface area contributed by atoms with E-state index in [1.165, 1.54) is 0 Å². The van der Waals surface area contributed by atoms with Crippen LogP contribution in [0.1, 0.15) is 51.7 Å². The van der Waals surface area contributed by atoms with Crippen LogP contribution >= 0.6 is 0 Å². The van der Waals surface area contributed by atoms with Crippen molar-refractivity contribution in [3.05, 3.63) is 45.9 Å². The van der Waals surface area contributed by atoms with E-state index in [1.807, 2.05) is 31.7 Å². The highest BCUT2D eigenvalue weighted by atomic mass is 19.1. The third-order valence-corrected chi connectivity index (χ3v) is 5.61. The van der Waals surface area contributed by atoms with Crippen LogP contribution in [0.5, 0.6) is 5.88 Å². The molecule has 6 nitrogen and oxygen atoms in total. The Kier molecular flexibility index (Phi) is 6.05. The Morgan fingerprint density at radius 2 is 2.14 bits per heavy atom. The normalized spacial score (nSPS) is 17.6. The summed E-state index contributed by atoms with van der Waals surface area (Å²) in [6, 6.07) is 1.86. The number of amides is 1. The van der Waals surface area contributed by atoms with Gasteiger partial charge in [-0.1, -0.05) is 5.57 Å². The van der Waals surface area contributed by atoms with E-state index in [0.717, 1.165) is 35.1 Å². The van der Waals surface area contributed by atoms with Crippen molar-refractivity contribution >= 4 is 12.6 Å². The number of halogens is 1. The fraction of sp³-hybridized carbons (Fsp3) is 0.500. The highest BCUT2D eigenvalue weighted by Crippen LogP contribution is 2.36. The quantitative estimate of drug-likeness (QED) is 0.431. The lowest BCUT2D eigenvalue weighted by Crippen LogP contribution is -2.38. The molecular formula is C22H29FN4O2. The first-order chi connectivity index (χ1) is 13.8. The molecule has 0 spiro atoms. The van der Waals surface area contributed by atoms with E-state index in [2.05, 4.69) is 28.9 Å². The first-order valence-electron chi connectivity index (χ1n) is 9.88. The van der Waals surface area contributed by atoms with Crippen LogP contribution in [-0.4, -0.2) is 41.5 Å². The van der Waals surface area contributed by atoms with Crippen LogP contribution in [0.2, 0.25) is 0 Å². The van der Waals surface area contributed by atoms with Crippen molar-refractivity contribution in [2.45, 2.75) is 59.0 Å². The molecule has 0 unspecified atom stereocenters. The number of hydrogen-bond donors (Lipinski definition) is 1. The first kappa shape index (κ1) is 21.0. The zero-order valence-electron chi connectivity index (χ0n) is 17.6. The van der Waals surface area contributed by atoms with E-state index in [9.17, 15) is 9.18 Å². The van der Waals surface area contributed by atoms with Gasteiger partial charge in [-0.3, -0.25) is 4.79 Å². The second-order valence-corrected chi connectivity index (χ2v) is 8.18. The molecule has 0 aromatic carbocycles. The molecule has 1 aliphatic heterocycles. The second kappa shape index (κ2) is 8.35. The largest absolute Gasteiger partial charge is 0.446 e. The minimum Gasteiger partial charge on any atom is -0.446 e. The fourth-order valence-corrected chi connectivity index (χ4v) is 3.68. The number of rotatable bonds is 7. The number of aromatic nitrogens is 1. The number of nitrogens with zero attached hydrogens (tertiary/aromatic N) is 3. The summed E-state index contributed by atoms with van der Waals surface area (Å²) < 4.78 is 17.6. The summed E-state index contributed by atoms with van der Waals surface area (Å²) in [6.07, 6.45) is 4.33. The number of carbonyl (C=O) groups excluding carboxylic acids is 1.